The maximum atomic E-state index is 13.1. The van der Waals surface area contributed by atoms with Crippen LogP contribution >= 0.6 is 0 Å². The number of nitrogens with one attached hydrogen (secondary N) is 1. The fraction of sp³-hybridized carbons (Fsp3) is 0.0833. The molecule has 3 aromatic rings. The van der Waals surface area contributed by atoms with Crippen LogP contribution in [0, 0.1) is 5.82 Å². The number of fused-ring (bicyclic) bond motifs is 3. The normalized spacial score (nSPS) is 11.4. The third-order valence-electron chi connectivity index (χ3n) is 2.89. The minimum atomic E-state index is -0.258. The number of halogens is 1. The number of carbonyl (C=O) groups is 1. The van der Waals surface area contributed by atoms with E-state index in [0.717, 1.165) is 28.2 Å². The summed E-state index contributed by atoms with van der Waals surface area (Å²) in [5.74, 6) is -0.258. The van der Waals surface area contributed by atoms with Crippen molar-refractivity contribution in [1.29, 1.82) is 0 Å². The molecule has 0 fully saturated rings. The van der Waals surface area contributed by atoms with Crippen LogP contribution < -0.4 is 0 Å². The SMILES string of the molecule is Cn1c2cc(F)ccc2c2cc(C=O)[nH]c21. The van der Waals surface area contributed by atoms with Crippen LogP contribution in [0.4, 0.5) is 4.39 Å². The van der Waals surface area contributed by atoms with Crippen molar-refractivity contribution in [2.24, 2.45) is 7.05 Å². The van der Waals surface area contributed by atoms with E-state index in [9.17, 15) is 9.18 Å². The summed E-state index contributed by atoms with van der Waals surface area (Å²) in [6.45, 7) is 0. The van der Waals surface area contributed by atoms with Gasteiger partial charge in [-0.1, -0.05) is 0 Å². The number of rotatable bonds is 1. The molecule has 4 heteroatoms. The van der Waals surface area contributed by atoms with Crippen molar-refractivity contribution in [2.75, 3.05) is 0 Å². The molecule has 0 radical (unpaired) electrons. The van der Waals surface area contributed by atoms with Crippen molar-refractivity contribution in [3.8, 4) is 0 Å². The van der Waals surface area contributed by atoms with Crippen molar-refractivity contribution < 1.29 is 9.18 Å². The highest BCUT2D eigenvalue weighted by atomic mass is 19.1. The zero-order chi connectivity index (χ0) is 11.3. The first-order valence-electron chi connectivity index (χ1n) is 4.92. The van der Waals surface area contributed by atoms with Crippen LogP contribution in [0.25, 0.3) is 21.9 Å². The lowest BCUT2D eigenvalue weighted by Gasteiger charge is -1.96. The van der Waals surface area contributed by atoms with Gasteiger partial charge in [-0.3, -0.25) is 4.79 Å². The summed E-state index contributed by atoms with van der Waals surface area (Å²) < 4.78 is 15.0. The summed E-state index contributed by atoms with van der Waals surface area (Å²) in [5, 5.41) is 1.89. The predicted molar refractivity (Wildman–Crippen MR) is 60.1 cm³/mol. The quantitative estimate of drug-likeness (QED) is 0.624. The first kappa shape index (κ1) is 9.15. The van der Waals surface area contributed by atoms with Gasteiger partial charge >= 0.3 is 0 Å². The Balaban J connectivity index is 2.52. The van der Waals surface area contributed by atoms with E-state index in [1.807, 2.05) is 11.6 Å². The average molecular weight is 216 g/mol. The van der Waals surface area contributed by atoms with E-state index in [-0.39, 0.29) is 5.82 Å². The summed E-state index contributed by atoms with van der Waals surface area (Å²) in [6, 6.07) is 6.43. The second kappa shape index (κ2) is 2.95. The number of carbonyl (C=O) groups excluding carboxylic acids is 1. The van der Waals surface area contributed by atoms with E-state index in [4.69, 9.17) is 0 Å². The highest BCUT2D eigenvalue weighted by Gasteiger charge is 2.11. The largest absolute Gasteiger partial charge is 0.338 e. The molecule has 0 aliphatic carbocycles. The van der Waals surface area contributed by atoms with E-state index in [0.29, 0.717) is 5.69 Å². The van der Waals surface area contributed by atoms with Crippen molar-refractivity contribution in [1.82, 2.24) is 9.55 Å². The summed E-state index contributed by atoms with van der Waals surface area (Å²) in [6.07, 6.45) is 0.773. The molecule has 0 aliphatic rings. The topological polar surface area (TPSA) is 37.8 Å². The molecule has 3 rings (SSSR count). The fourth-order valence-corrected chi connectivity index (χ4v) is 2.13. The number of H-pyrrole nitrogens is 1. The minimum Gasteiger partial charge on any atom is -0.338 e. The Hall–Kier alpha value is -2.10. The lowest BCUT2D eigenvalue weighted by molar-refractivity contribution is 0.111. The summed E-state index contributed by atoms with van der Waals surface area (Å²) in [4.78, 5) is 13.7. The Morgan fingerprint density at radius 3 is 2.88 bits per heavy atom. The molecule has 0 atom stereocenters. The van der Waals surface area contributed by atoms with E-state index >= 15 is 0 Å². The van der Waals surface area contributed by atoms with Gasteiger partial charge < -0.3 is 9.55 Å². The molecule has 2 aromatic heterocycles. The highest BCUT2D eigenvalue weighted by molar-refractivity contribution is 6.08. The number of hydrogen-bond acceptors (Lipinski definition) is 1. The van der Waals surface area contributed by atoms with Gasteiger partial charge in [0, 0.05) is 17.8 Å². The minimum absolute atomic E-state index is 0.258. The van der Waals surface area contributed by atoms with Crippen molar-refractivity contribution >= 4 is 28.2 Å². The second-order valence-electron chi connectivity index (χ2n) is 3.83. The van der Waals surface area contributed by atoms with Gasteiger partial charge in [0.2, 0.25) is 0 Å². The summed E-state index contributed by atoms with van der Waals surface area (Å²) in [5.41, 5.74) is 2.19. The van der Waals surface area contributed by atoms with Gasteiger partial charge in [-0.2, -0.15) is 0 Å². The van der Waals surface area contributed by atoms with E-state index in [1.165, 1.54) is 12.1 Å². The number of aromatic nitrogens is 2. The Kier molecular flexibility index (Phi) is 1.68. The molecule has 2 heterocycles. The summed E-state index contributed by atoms with van der Waals surface area (Å²) in [7, 11) is 1.84. The molecule has 0 saturated heterocycles. The number of aldehydes is 1. The predicted octanol–water partition coefficient (Wildman–Crippen LogP) is 2.61. The third kappa shape index (κ3) is 1.04. The van der Waals surface area contributed by atoms with Gasteiger partial charge in [-0.25, -0.2) is 4.39 Å². The third-order valence-corrected chi connectivity index (χ3v) is 2.89. The maximum absolute atomic E-state index is 13.1. The standard InChI is InChI=1S/C12H9FN2O/c1-15-11-4-7(13)2-3-9(11)10-5-8(6-16)14-12(10)15/h2-6,14H,1H3. The zero-order valence-corrected chi connectivity index (χ0v) is 8.62. The number of aryl methyl sites for hydroxylation is 1. The monoisotopic (exact) mass is 216 g/mol. The highest BCUT2D eigenvalue weighted by Crippen LogP contribution is 2.28. The second-order valence-corrected chi connectivity index (χ2v) is 3.83. The van der Waals surface area contributed by atoms with Gasteiger partial charge in [0.25, 0.3) is 0 Å². The Labute approximate surface area is 90.5 Å². The van der Waals surface area contributed by atoms with Crippen LogP contribution in [0.1, 0.15) is 10.5 Å². The van der Waals surface area contributed by atoms with Crippen molar-refractivity contribution in [3.05, 3.63) is 35.8 Å². The number of nitrogens with zero attached hydrogens (tertiary/aromatic N) is 1. The first-order chi connectivity index (χ1) is 7.70. The van der Waals surface area contributed by atoms with Gasteiger partial charge in [-0.15, -0.1) is 0 Å². The molecule has 0 bridgehead atoms. The molecule has 80 valence electrons. The van der Waals surface area contributed by atoms with E-state index in [1.54, 1.807) is 12.1 Å². The fourth-order valence-electron chi connectivity index (χ4n) is 2.13. The molecule has 3 nitrogen and oxygen atoms in total. The van der Waals surface area contributed by atoms with Crippen LogP contribution in [-0.2, 0) is 7.05 Å². The molecular formula is C12H9FN2O. The first-order valence-corrected chi connectivity index (χ1v) is 4.92. The van der Waals surface area contributed by atoms with Gasteiger partial charge in [-0.05, 0) is 24.3 Å². The van der Waals surface area contributed by atoms with Crippen LogP contribution in [0.5, 0.6) is 0 Å². The number of benzene rings is 1. The van der Waals surface area contributed by atoms with E-state index in [2.05, 4.69) is 4.98 Å². The van der Waals surface area contributed by atoms with Crippen LogP contribution in [0.15, 0.2) is 24.3 Å². The lowest BCUT2D eigenvalue weighted by Crippen LogP contribution is -1.89. The molecule has 16 heavy (non-hydrogen) atoms. The lowest BCUT2D eigenvalue weighted by atomic mass is 10.2. The molecule has 0 amide bonds. The molecule has 0 spiro atoms. The molecule has 1 N–H and O–H groups in total. The summed E-state index contributed by atoms with van der Waals surface area (Å²) >= 11 is 0. The molecule has 1 aromatic carbocycles. The Morgan fingerprint density at radius 2 is 2.12 bits per heavy atom. The Bertz CT molecular complexity index is 709. The molecule has 0 saturated carbocycles. The smallest absolute Gasteiger partial charge is 0.166 e. The molecule has 0 aliphatic heterocycles. The van der Waals surface area contributed by atoms with E-state index < -0.39 is 0 Å². The van der Waals surface area contributed by atoms with Crippen LogP contribution in [0.2, 0.25) is 0 Å². The van der Waals surface area contributed by atoms with Crippen molar-refractivity contribution in [2.45, 2.75) is 0 Å². The van der Waals surface area contributed by atoms with Crippen LogP contribution in [-0.4, -0.2) is 15.8 Å². The molecular weight excluding hydrogens is 207 g/mol. The maximum Gasteiger partial charge on any atom is 0.166 e. The average Bonchev–Trinajstić information content (AvgIpc) is 2.80. The number of hydrogen-bond donors (Lipinski definition) is 1. The van der Waals surface area contributed by atoms with Crippen molar-refractivity contribution in [3.63, 3.8) is 0 Å². The zero-order valence-electron chi connectivity index (χ0n) is 8.62. The van der Waals surface area contributed by atoms with Gasteiger partial charge in [0.1, 0.15) is 11.5 Å². The van der Waals surface area contributed by atoms with Gasteiger partial charge in [0.05, 0.1) is 11.2 Å². The van der Waals surface area contributed by atoms with Crippen LogP contribution in [0.3, 0.4) is 0 Å². The van der Waals surface area contributed by atoms with Gasteiger partial charge in [0.15, 0.2) is 6.29 Å². The number of aromatic amines is 1. The molecule has 0 unspecified atom stereocenters. The Morgan fingerprint density at radius 1 is 1.31 bits per heavy atom.